The number of hydrogen-bond donors (Lipinski definition) is 2. The molecule has 1 fully saturated rings. The van der Waals surface area contributed by atoms with Crippen molar-refractivity contribution in [2.24, 2.45) is 0 Å². The number of aromatic nitrogens is 3. The van der Waals surface area contributed by atoms with Crippen molar-refractivity contribution in [1.29, 1.82) is 0 Å². The summed E-state index contributed by atoms with van der Waals surface area (Å²) in [5.41, 5.74) is 3.71. The van der Waals surface area contributed by atoms with Crippen LogP contribution in [-0.2, 0) is 6.61 Å². The lowest BCUT2D eigenvalue weighted by Gasteiger charge is -2.18. The first-order valence-corrected chi connectivity index (χ1v) is 11.9. The Balaban J connectivity index is 1.24. The van der Waals surface area contributed by atoms with Gasteiger partial charge in [0, 0.05) is 36.2 Å². The van der Waals surface area contributed by atoms with E-state index in [-0.39, 0.29) is 22.7 Å². The highest BCUT2D eigenvalue weighted by atomic mass is 32.1. The Morgan fingerprint density at radius 1 is 1.24 bits per heavy atom. The summed E-state index contributed by atoms with van der Waals surface area (Å²) in [4.78, 5) is 30.8. The van der Waals surface area contributed by atoms with Gasteiger partial charge in [0.2, 0.25) is 0 Å². The highest BCUT2D eigenvalue weighted by Crippen LogP contribution is 2.27. The van der Waals surface area contributed by atoms with Crippen LogP contribution in [0.15, 0.2) is 59.5 Å². The summed E-state index contributed by atoms with van der Waals surface area (Å²) < 4.78 is 6.01. The van der Waals surface area contributed by atoms with Crippen molar-refractivity contribution < 1.29 is 9.53 Å². The number of likely N-dealkylation sites (N-methyl/N-ethyl adjacent to an activating group) is 1. The number of carbonyl (C=O) groups excluding carboxylic acids is 1. The quantitative estimate of drug-likeness (QED) is 0.445. The summed E-state index contributed by atoms with van der Waals surface area (Å²) >= 11 is 1.10. The van der Waals surface area contributed by atoms with Crippen LogP contribution in [0.3, 0.4) is 0 Å². The minimum absolute atomic E-state index is 0.0147. The van der Waals surface area contributed by atoms with Crippen molar-refractivity contribution in [3.8, 4) is 5.75 Å². The number of aryl methyl sites for hydroxylation is 1. The number of ether oxygens (including phenoxy) is 1. The molecule has 1 saturated heterocycles. The molecule has 0 unspecified atom stereocenters. The Labute approximate surface area is 200 Å². The van der Waals surface area contributed by atoms with Gasteiger partial charge in [0.25, 0.3) is 5.91 Å². The maximum Gasteiger partial charge on any atom is 0.322 e. The molecule has 8 nitrogen and oxygen atoms in total. The van der Waals surface area contributed by atoms with Gasteiger partial charge in [-0.3, -0.25) is 14.6 Å². The summed E-state index contributed by atoms with van der Waals surface area (Å²) in [5, 5.41) is 11.5. The maximum absolute atomic E-state index is 12.9. The second kappa shape index (κ2) is 9.36. The van der Waals surface area contributed by atoms with E-state index in [0.717, 1.165) is 44.9 Å². The van der Waals surface area contributed by atoms with E-state index in [1.165, 1.54) is 0 Å². The second-order valence-corrected chi connectivity index (χ2v) is 9.66. The van der Waals surface area contributed by atoms with E-state index >= 15 is 0 Å². The van der Waals surface area contributed by atoms with Crippen LogP contribution in [-0.4, -0.2) is 52.2 Å². The number of likely N-dealkylation sites (tertiary alicyclic amines) is 1. The molecule has 9 heteroatoms. The average Bonchev–Trinajstić information content (AvgIpc) is 3.42. The molecule has 0 saturated carbocycles. The predicted octanol–water partition coefficient (Wildman–Crippen LogP) is 3.09. The molecule has 0 radical (unpaired) electrons. The fourth-order valence-electron chi connectivity index (χ4n) is 4.45. The first-order chi connectivity index (χ1) is 16.5. The van der Waals surface area contributed by atoms with Crippen LogP contribution < -0.4 is 14.9 Å². The van der Waals surface area contributed by atoms with Gasteiger partial charge in [0.15, 0.2) is 0 Å². The summed E-state index contributed by atoms with van der Waals surface area (Å²) in [5.74, 6) is 0.518. The highest BCUT2D eigenvalue weighted by molar-refractivity contribution is 7.08. The van der Waals surface area contributed by atoms with E-state index in [1.54, 1.807) is 18.3 Å². The molecular weight excluding hydrogens is 450 g/mol. The molecule has 34 heavy (non-hydrogen) atoms. The molecule has 0 bridgehead atoms. The third kappa shape index (κ3) is 4.71. The van der Waals surface area contributed by atoms with Crippen LogP contribution in [0.25, 0.3) is 10.9 Å². The van der Waals surface area contributed by atoms with Gasteiger partial charge in [-0.2, -0.15) is 5.10 Å². The Kier molecular flexibility index (Phi) is 6.12. The zero-order valence-electron chi connectivity index (χ0n) is 18.9. The molecule has 174 valence electrons. The van der Waals surface area contributed by atoms with Crippen LogP contribution in [0.5, 0.6) is 5.75 Å². The van der Waals surface area contributed by atoms with Gasteiger partial charge < -0.3 is 15.0 Å². The number of amides is 1. The number of nitrogens with one attached hydrogen (secondary N) is 2. The molecule has 1 aliphatic rings. The standard InChI is InChI=1S/C25H25N5O3S/c1-15-10-17(19-4-3-9-26-21(19)11-15)14-33-18-7-5-16(6-8-18)23(31)27-22-13-30(2)12-20(22)24-28-29-25(32)34-24/h3-11,20,22H,12-14H2,1-2H3,(H,27,31)(H,29,32)/t20-,22+/m0/s1. The van der Waals surface area contributed by atoms with Gasteiger partial charge in [-0.1, -0.05) is 23.5 Å². The van der Waals surface area contributed by atoms with Gasteiger partial charge in [-0.05, 0) is 61.5 Å². The van der Waals surface area contributed by atoms with Crippen molar-refractivity contribution in [2.75, 3.05) is 20.1 Å². The minimum Gasteiger partial charge on any atom is -0.489 e. The topological polar surface area (TPSA) is 100 Å². The van der Waals surface area contributed by atoms with Crippen LogP contribution in [0.4, 0.5) is 0 Å². The molecule has 0 spiro atoms. The molecule has 1 aliphatic heterocycles. The van der Waals surface area contributed by atoms with Gasteiger partial charge in [0.1, 0.15) is 17.4 Å². The summed E-state index contributed by atoms with van der Waals surface area (Å²) in [6, 6.07) is 15.2. The lowest BCUT2D eigenvalue weighted by molar-refractivity contribution is 0.0935. The highest BCUT2D eigenvalue weighted by Gasteiger charge is 2.35. The number of H-pyrrole nitrogens is 1. The Morgan fingerprint density at radius 2 is 2.06 bits per heavy atom. The summed E-state index contributed by atoms with van der Waals surface area (Å²) in [6.45, 7) is 3.90. The van der Waals surface area contributed by atoms with E-state index in [9.17, 15) is 9.59 Å². The van der Waals surface area contributed by atoms with Crippen LogP contribution in [0.2, 0.25) is 0 Å². The van der Waals surface area contributed by atoms with Crippen LogP contribution >= 0.6 is 11.3 Å². The number of pyridine rings is 1. The van der Waals surface area contributed by atoms with Gasteiger partial charge in [-0.15, -0.1) is 0 Å². The largest absolute Gasteiger partial charge is 0.489 e. The third-order valence-corrected chi connectivity index (χ3v) is 6.93. The molecule has 4 aromatic rings. The van der Waals surface area contributed by atoms with Crippen molar-refractivity contribution in [3.63, 3.8) is 0 Å². The van der Waals surface area contributed by atoms with Gasteiger partial charge in [-0.25, -0.2) is 5.10 Å². The average molecular weight is 476 g/mol. The SMILES string of the molecule is Cc1cc(COc2ccc(C(=O)N[C@@H]3CN(C)C[C@@H]3c3n[nH]c(=O)s3)cc2)c2cccnc2c1. The smallest absolute Gasteiger partial charge is 0.322 e. The number of hydrogen-bond acceptors (Lipinski definition) is 7. The fraction of sp³-hybridized carbons (Fsp3) is 0.280. The Bertz CT molecular complexity index is 1380. The number of carbonyl (C=O) groups is 1. The molecule has 2 aromatic carbocycles. The Hall–Kier alpha value is -3.56. The van der Waals surface area contributed by atoms with Gasteiger partial charge >= 0.3 is 4.87 Å². The normalized spacial score (nSPS) is 18.3. The first-order valence-electron chi connectivity index (χ1n) is 11.1. The van der Waals surface area contributed by atoms with E-state index in [1.807, 2.05) is 38.2 Å². The third-order valence-electron chi connectivity index (χ3n) is 6.05. The molecule has 2 atom stereocenters. The lowest BCUT2D eigenvalue weighted by atomic mass is 10.0. The molecule has 5 rings (SSSR count). The molecule has 2 aromatic heterocycles. The number of rotatable bonds is 6. The maximum atomic E-state index is 12.9. The van der Waals surface area contributed by atoms with E-state index in [0.29, 0.717) is 24.5 Å². The second-order valence-electron chi connectivity index (χ2n) is 8.67. The number of aromatic amines is 1. The number of benzene rings is 2. The molecule has 0 aliphatic carbocycles. The van der Waals surface area contributed by atoms with Crippen molar-refractivity contribution in [2.45, 2.75) is 25.5 Å². The summed E-state index contributed by atoms with van der Waals surface area (Å²) in [7, 11) is 1.99. The van der Waals surface area contributed by atoms with Crippen LogP contribution in [0.1, 0.15) is 32.4 Å². The van der Waals surface area contributed by atoms with Crippen molar-refractivity contribution in [1.82, 2.24) is 25.4 Å². The number of fused-ring (bicyclic) bond motifs is 1. The fourth-order valence-corrected chi connectivity index (χ4v) is 5.21. The van der Waals surface area contributed by atoms with E-state index in [2.05, 4.69) is 37.5 Å². The van der Waals surface area contributed by atoms with Crippen LogP contribution in [0, 0.1) is 6.92 Å². The first kappa shape index (κ1) is 22.2. The van der Waals surface area contributed by atoms with Crippen molar-refractivity contribution in [3.05, 3.63) is 86.1 Å². The molecular formula is C25H25N5O3S. The van der Waals surface area contributed by atoms with E-state index < -0.39 is 0 Å². The molecule has 3 heterocycles. The Morgan fingerprint density at radius 3 is 2.82 bits per heavy atom. The predicted molar refractivity (Wildman–Crippen MR) is 131 cm³/mol. The zero-order valence-corrected chi connectivity index (χ0v) is 19.8. The monoisotopic (exact) mass is 475 g/mol. The summed E-state index contributed by atoms with van der Waals surface area (Å²) in [6.07, 6.45) is 1.79. The van der Waals surface area contributed by atoms with Gasteiger partial charge in [0.05, 0.1) is 11.6 Å². The molecule has 2 N–H and O–H groups in total. The van der Waals surface area contributed by atoms with Crippen molar-refractivity contribution >= 4 is 28.1 Å². The number of nitrogens with zero attached hydrogens (tertiary/aromatic N) is 3. The van der Waals surface area contributed by atoms with E-state index in [4.69, 9.17) is 4.74 Å². The lowest BCUT2D eigenvalue weighted by Crippen LogP contribution is -2.39. The molecule has 1 amide bonds. The minimum atomic E-state index is -0.180. The zero-order chi connectivity index (χ0) is 23.7.